The van der Waals surface area contributed by atoms with Crippen molar-refractivity contribution in [2.45, 2.75) is 18.8 Å². The number of fused-ring (bicyclic) bond motifs is 1. The summed E-state index contributed by atoms with van der Waals surface area (Å²) in [4.78, 5) is 20.2. The van der Waals surface area contributed by atoms with Gasteiger partial charge in [-0.1, -0.05) is 6.07 Å². The summed E-state index contributed by atoms with van der Waals surface area (Å²) in [6.45, 7) is 9.82. The normalized spacial score (nSPS) is 19.0. The van der Waals surface area contributed by atoms with Crippen molar-refractivity contribution in [2.75, 3.05) is 33.8 Å². The molecule has 2 unspecified atom stereocenters. The second-order valence-electron chi connectivity index (χ2n) is 6.72. The van der Waals surface area contributed by atoms with E-state index in [1.807, 2.05) is 18.2 Å². The van der Waals surface area contributed by atoms with Crippen molar-refractivity contribution in [3.63, 3.8) is 0 Å². The Morgan fingerprint density at radius 1 is 1.52 bits per heavy atom. The number of carbonyl (C=O) groups is 1. The van der Waals surface area contributed by atoms with E-state index in [4.69, 9.17) is 6.57 Å². The number of carbonyl (C=O) groups excluding carboxylic acids is 1. The van der Waals surface area contributed by atoms with Crippen LogP contribution in [0.1, 0.15) is 24.3 Å². The fourth-order valence-corrected chi connectivity index (χ4v) is 3.44. The average Bonchev–Trinajstić information content (AvgIpc) is 3.24. The van der Waals surface area contributed by atoms with Crippen molar-refractivity contribution in [1.82, 2.24) is 15.2 Å². The van der Waals surface area contributed by atoms with Crippen LogP contribution in [0.25, 0.3) is 15.7 Å². The fraction of sp³-hybridized carbons (Fsp3) is 0.474. The van der Waals surface area contributed by atoms with Gasteiger partial charge >= 0.3 is 6.09 Å². The van der Waals surface area contributed by atoms with Crippen molar-refractivity contribution in [3.05, 3.63) is 41.4 Å². The molecule has 6 nitrogen and oxygen atoms in total. The zero-order chi connectivity index (χ0) is 17.8. The van der Waals surface area contributed by atoms with E-state index >= 15 is 0 Å². The zero-order valence-corrected chi connectivity index (χ0v) is 14.7. The molecule has 0 spiro atoms. The largest absolute Gasteiger partial charge is 0.453 e. The Balaban J connectivity index is 1.50. The van der Waals surface area contributed by atoms with Crippen LogP contribution < -0.4 is 5.32 Å². The number of aromatic nitrogens is 1. The third-order valence-corrected chi connectivity index (χ3v) is 4.87. The van der Waals surface area contributed by atoms with E-state index in [2.05, 4.69) is 38.0 Å². The molecule has 1 aromatic carbocycles. The molecule has 1 heterocycles. The Bertz CT molecular complexity index is 792. The van der Waals surface area contributed by atoms with Gasteiger partial charge in [0.05, 0.1) is 13.7 Å². The Labute approximate surface area is 148 Å². The molecule has 6 heteroatoms. The number of alkyl carbamates (subject to hydrolysis) is 1. The Hall–Kier alpha value is -2.52. The van der Waals surface area contributed by atoms with Gasteiger partial charge in [-0.3, -0.25) is 0 Å². The summed E-state index contributed by atoms with van der Waals surface area (Å²) >= 11 is 0. The second-order valence-corrected chi connectivity index (χ2v) is 6.72. The molecule has 3 rings (SSSR count). The molecule has 2 N–H and O–H groups in total. The average molecular weight is 340 g/mol. The van der Waals surface area contributed by atoms with Crippen molar-refractivity contribution in [1.29, 1.82) is 0 Å². The lowest BCUT2D eigenvalue weighted by Crippen LogP contribution is -2.29. The van der Waals surface area contributed by atoms with Crippen molar-refractivity contribution < 1.29 is 9.53 Å². The lowest BCUT2D eigenvalue weighted by molar-refractivity contribution is 0.170. The number of amides is 1. The number of aromatic amines is 1. The number of hydrogen-bond donors (Lipinski definition) is 2. The summed E-state index contributed by atoms with van der Waals surface area (Å²) < 4.78 is 4.55. The number of benzene rings is 1. The minimum Gasteiger partial charge on any atom is -0.453 e. The SMILES string of the molecule is [C-]#[N+]c1ccc2[nH]cc(C3CC3CN(C)CCCNC(=O)OC)c2c1. The summed E-state index contributed by atoms with van der Waals surface area (Å²) in [5, 5.41) is 3.89. The lowest BCUT2D eigenvalue weighted by atomic mass is 10.1. The molecule has 0 radical (unpaired) electrons. The van der Waals surface area contributed by atoms with Crippen LogP contribution in [0, 0.1) is 12.5 Å². The summed E-state index contributed by atoms with van der Waals surface area (Å²) in [6, 6.07) is 5.84. The molecule has 25 heavy (non-hydrogen) atoms. The number of ether oxygens (including phenoxy) is 1. The van der Waals surface area contributed by atoms with Crippen molar-refractivity contribution in [3.8, 4) is 0 Å². The molecule has 132 valence electrons. The maximum atomic E-state index is 11.0. The first kappa shape index (κ1) is 17.3. The molecule has 2 atom stereocenters. The first-order valence-electron chi connectivity index (χ1n) is 8.61. The van der Waals surface area contributed by atoms with Gasteiger partial charge in [0, 0.05) is 24.8 Å². The van der Waals surface area contributed by atoms with Crippen LogP contribution in [0.2, 0.25) is 0 Å². The number of nitrogens with zero attached hydrogens (tertiary/aromatic N) is 2. The van der Waals surface area contributed by atoms with E-state index in [1.165, 1.54) is 24.5 Å². The van der Waals surface area contributed by atoms with Gasteiger partial charge in [-0.25, -0.2) is 9.64 Å². The van der Waals surface area contributed by atoms with E-state index in [0.29, 0.717) is 24.1 Å². The van der Waals surface area contributed by atoms with Gasteiger partial charge in [0.1, 0.15) is 0 Å². The molecule has 0 saturated heterocycles. The molecule has 2 aromatic rings. The topological polar surface area (TPSA) is 61.7 Å². The van der Waals surface area contributed by atoms with Crippen LogP contribution in [-0.2, 0) is 4.74 Å². The molecular weight excluding hydrogens is 316 g/mol. The second kappa shape index (κ2) is 7.58. The third-order valence-electron chi connectivity index (χ3n) is 4.87. The van der Waals surface area contributed by atoms with Crippen molar-refractivity contribution in [2.24, 2.45) is 5.92 Å². The van der Waals surface area contributed by atoms with Gasteiger partial charge in [-0.2, -0.15) is 0 Å². The first-order chi connectivity index (χ1) is 12.1. The number of methoxy groups -OCH3 is 1. The predicted molar refractivity (Wildman–Crippen MR) is 97.9 cm³/mol. The third kappa shape index (κ3) is 4.12. The van der Waals surface area contributed by atoms with Crippen LogP contribution in [0.4, 0.5) is 10.5 Å². The van der Waals surface area contributed by atoms with E-state index in [0.717, 1.165) is 25.0 Å². The summed E-state index contributed by atoms with van der Waals surface area (Å²) in [7, 11) is 3.50. The first-order valence-corrected chi connectivity index (χ1v) is 8.61. The zero-order valence-electron chi connectivity index (χ0n) is 14.7. The summed E-state index contributed by atoms with van der Waals surface area (Å²) in [6.07, 6.45) is 3.83. The quantitative estimate of drug-likeness (QED) is 0.599. The highest BCUT2D eigenvalue weighted by molar-refractivity contribution is 5.87. The van der Waals surface area contributed by atoms with Crippen LogP contribution in [0.15, 0.2) is 24.4 Å². The number of rotatable bonds is 7. The van der Waals surface area contributed by atoms with Crippen LogP contribution in [0.5, 0.6) is 0 Å². The van der Waals surface area contributed by atoms with Gasteiger partial charge in [-0.15, -0.1) is 0 Å². The fourth-order valence-electron chi connectivity index (χ4n) is 3.44. The Kier molecular flexibility index (Phi) is 5.25. The van der Waals surface area contributed by atoms with E-state index in [1.54, 1.807) is 0 Å². The molecule has 1 aliphatic carbocycles. The summed E-state index contributed by atoms with van der Waals surface area (Å²) in [5.74, 6) is 1.24. The monoisotopic (exact) mass is 340 g/mol. The highest BCUT2D eigenvalue weighted by Gasteiger charge is 2.39. The highest BCUT2D eigenvalue weighted by Crippen LogP contribution is 2.50. The predicted octanol–water partition coefficient (Wildman–Crippen LogP) is 3.50. The standard InChI is InChI=1S/C19H24N4O2/c1-20-14-5-6-18-16(10-14)17(11-22-18)15-9-13(15)12-23(2)8-4-7-21-19(24)25-3/h5-6,10-11,13,15,22H,4,7-9,12H2,2-3H3,(H,21,24). The molecule has 0 bridgehead atoms. The van der Waals surface area contributed by atoms with Gasteiger partial charge in [0.15, 0.2) is 5.69 Å². The van der Waals surface area contributed by atoms with E-state index < -0.39 is 0 Å². The minimum absolute atomic E-state index is 0.372. The molecule has 1 aromatic heterocycles. The highest BCUT2D eigenvalue weighted by atomic mass is 16.5. The number of nitrogens with one attached hydrogen (secondary N) is 2. The maximum Gasteiger partial charge on any atom is 0.406 e. The number of hydrogen-bond acceptors (Lipinski definition) is 3. The molecule has 1 amide bonds. The van der Waals surface area contributed by atoms with Crippen LogP contribution >= 0.6 is 0 Å². The van der Waals surface area contributed by atoms with E-state index in [-0.39, 0.29) is 6.09 Å². The van der Waals surface area contributed by atoms with E-state index in [9.17, 15) is 4.79 Å². The summed E-state index contributed by atoms with van der Waals surface area (Å²) in [5.41, 5.74) is 3.14. The lowest BCUT2D eigenvalue weighted by Gasteiger charge is -2.16. The number of H-pyrrole nitrogens is 1. The molecule has 1 fully saturated rings. The Morgan fingerprint density at radius 2 is 2.36 bits per heavy atom. The minimum atomic E-state index is -0.372. The molecule has 0 aliphatic heterocycles. The maximum absolute atomic E-state index is 11.0. The molecular formula is C19H24N4O2. The molecule has 1 aliphatic rings. The van der Waals surface area contributed by atoms with Crippen molar-refractivity contribution >= 4 is 22.7 Å². The molecule has 1 saturated carbocycles. The smallest absolute Gasteiger partial charge is 0.406 e. The van der Waals surface area contributed by atoms with Gasteiger partial charge < -0.3 is 19.9 Å². The van der Waals surface area contributed by atoms with Crippen LogP contribution in [0.3, 0.4) is 0 Å². The Morgan fingerprint density at radius 3 is 3.12 bits per heavy atom. The van der Waals surface area contributed by atoms with Gasteiger partial charge in [0.2, 0.25) is 0 Å². The van der Waals surface area contributed by atoms with Crippen LogP contribution in [-0.4, -0.2) is 49.8 Å². The van der Waals surface area contributed by atoms with Gasteiger partial charge in [-0.05, 0) is 61.4 Å². The van der Waals surface area contributed by atoms with Gasteiger partial charge in [0.25, 0.3) is 0 Å².